The third kappa shape index (κ3) is 3.95. The highest BCUT2D eigenvalue weighted by atomic mass is 35.5. The van der Waals surface area contributed by atoms with Gasteiger partial charge in [-0.1, -0.05) is 41.4 Å². The Hall–Kier alpha value is -2.33. The summed E-state index contributed by atoms with van der Waals surface area (Å²) in [4.78, 5) is 26.1. The van der Waals surface area contributed by atoms with Crippen LogP contribution in [0.15, 0.2) is 48.5 Å². The number of benzene rings is 2. The SMILES string of the molecule is Cc1ccc(N2C[C@@H](NC(=O)Cc3ccc(Cl)cc3)CC2=O)cc1. The zero-order chi connectivity index (χ0) is 17.1. The maximum atomic E-state index is 12.2. The first-order chi connectivity index (χ1) is 11.5. The molecule has 3 rings (SSSR count). The van der Waals surface area contributed by atoms with Gasteiger partial charge in [-0.3, -0.25) is 9.59 Å². The number of rotatable bonds is 4. The lowest BCUT2D eigenvalue weighted by Gasteiger charge is -2.17. The Labute approximate surface area is 146 Å². The van der Waals surface area contributed by atoms with E-state index in [0.29, 0.717) is 18.0 Å². The lowest BCUT2D eigenvalue weighted by atomic mass is 10.1. The van der Waals surface area contributed by atoms with Crippen LogP contribution in [0.4, 0.5) is 5.69 Å². The molecule has 1 heterocycles. The molecule has 24 heavy (non-hydrogen) atoms. The molecular formula is C19H19ClN2O2. The van der Waals surface area contributed by atoms with Gasteiger partial charge in [-0.2, -0.15) is 0 Å². The molecule has 0 aliphatic carbocycles. The maximum absolute atomic E-state index is 12.2. The molecule has 1 N–H and O–H groups in total. The van der Waals surface area contributed by atoms with Crippen molar-refractivity contribution < 1.29 is 9.59 Å². The molecule has 1 atom stereocenters. The second-order valence-corrected chi connectivity index (χ2v) is 6.55. The Balaban J connectivity index is 1.58. The number of hydrogen-bond donors (Lipinski definition) is 1. The topological polar surface area (TPSA) is 49.4 Å². The van der Waals surface area contributed by atoms with Crippen LogP contribution in [0, 0.1) is 6.92 Å². The first kappa shape index (κ1) is 16.5. The van der Waals surface area contributed by atoms with Crippen molar-refractivity contribution in [1.29, 1.82) is 0 Å². The summed E-state index contributed by atoms with van der Waals surface area (Å²) in [6.07, 6.45) is 0.618. The molecule has 1 saturated heterocycles. The van der Waals surface area contributed by atoms with Gasteiger partial charge in [0, 0.05) is 23.7 Å². The molecule has 1 fully saturated rings. The van der Waals surface area contributed by atoms with Gasteiger partial charge < -0.3 is 10.2 Å². The predicted molar refractivity (Wildman–Crippen MR) is 95.2 cm³/mol. The highest BCUT2D eigenvalue weighted by Gasteiger charge is 2.31. The first-order valence-electron chi connectivity index (χ1n) is 7.92. The number of hydrogen-bond acceptors (Lipinski definition) is 2. The molecular weight excluding hydrogens is 324 g/mol. The van der Waals surface area contributed by atoms with Gasteiger partial charge in [0.15, 0.2) is 0 Å². The van der Waals surface area contributed by atoms with Crippen LogP contribution in [0.5, 0.6) is 0 Å². The van der Waals surface area contributed by atoms with E-state index < -0.39 is 0 Å². The van der Waals surface area contributed by atoms with Crippen molar-refractivity contribution in [2.75, 3.05) is 11.4 Å². The van der Waals surface area contributed by atoms with E-state index in [0.717, 1.165) is 16.8 Å². The minimum atomic E-state index is -0.154. The lowest BCUT2D eigenvalue weighted by molar-refractivity contribution is -0.121. The molecule has 0 saturated carbocycles. The number of aryl methyl sites for hydroxylation is 1. The zero-order valence-corrected chi connectivity index (χ0v) is 14.2. The van der Waals surface area contributed by atoms with Crippen LogP contribution in [-0.2, 0) is 16.0 Å². The van der Waals surface area contributed by atoms with Gasteiger partial charge in [-0.05, 0) is 36.8 Å². The van der Waals surface area contributed by atoms with Gasteiger partial charge in [-0.25, -0.2) is 0 Å². The molecule has 5 heteroatoms. The van der Waals surface area contributed by atoms with Gasteiger partial charge in [0.2, 0.25) is 11.8 Å². The standard InChI is InChI=1S/C19H19ClN2O2/c1-13-2-8-17(9-3-13)22-12-16(11-19(22)24)21-18(23)10-14-4-6-15(20)7-5-14/h2-9,16H,10-12H2,1H3,(H,21,23)/t16-/m0/s1. The molecule has 0 aromatic heterocycles. The van der Waals surface area contributed by atoms with Crippen molar-refractivity contribution >= 4 is 29.1 Å². The summed E-state index contributed by atoms with van der Waals surface area (Å²) >= 11 is 5.84. The molecule has 2 aromatic carbocycles. The van der Waals surface area contributed by atoms with Crippen LogP contribution in [0.25, 0.3) is 0 Å². The van der Waals surface area contributed by atoms with E-state index in [1.807, 2.05) is 43.3 Å². The number of carbonyl (C=O) groups excluding carboxylic acids is 2. The Kier molecular flexibility index (Phi) is 4.86. The summed E-state index contributed by atoms with van der Waals surface area (Å²) in [6, 6.07) is 14.9. The number of nitrogens with one attached hydrogen (secondary N) is 1. The smallest absolute Gasteiger partial charge is 0.229 e. The summed E-state index contributed by atoms with van der Waals surface area (Å²) in [5.74, 6) is -0.0449. The second-order valence-electron chi connectivity index (χ2n) is 6.11. The van der Waals surface area contributed by atoms with Crippen molar-refractivity contribution in [3.05, 3.63) is 64.7 Å². The number of halogens is 1. The van der Waals surface area contributed by atoms with Crippen molar-refractivity contribution in [3.8, 4) is 0 Å². The number of anilines is 1. The molecule has 0 radical (unpaired) electrons. The normalized spacial score (nSPS) is 17.2. The van der Waals surface area contributed by atoms with Crippen molar-refractivity contribution in [2.24, 2.45) is 0 Å². The molecule has 1 aliphatic rings. The molecule has 1 aliphatic heterocycles. The van der Waals surface area contributed by atoms with E-state index in [9.17, 15) is 9.59 Å². The van der Waals surface area contributed by atoms with Crippen LogP contribution >= 0.6 is 11.6 Å². The fourth-order valence-electron chi connectivity index (χ4n) is 2.84. The summed E-state index contributed by atoms with van der Waals surface area (Å²) in [7, 11) is 0. The summed E-state index contributed by atoms with van der Waals surface area (Å²) in [5, 5.41) is 3.60. The summed E-state index contributed by atoms with van der Waals surface area (Å²) in [6.45, 7) is 2.52. The maximum Gasteiger partial charge on any atom is 0.229 e. The van der Waals surface area contributed by atoms with Crippen molar-refractivity contribution in [1.82, 2.24) is 5.32 Å². The van der Waals surface area contributed by atoms with E-state index in [4.69, 9.17) is 11.6 Å². The Morgan fingerprint density at radius 1 is 1.17 bits per heavy atom. The minimum absolute atomic E-state index is 0.0376. The highest BCUT2D eigenvalue weighted by molar-refractivity contribution is 6.30. The average molecular weight is 343 g/mol. The molecule has 2 aromatic rings. The molecule has 2 amide bonds. The highest BCUT2D eigenvalue weighted by Crippen LogP contribution is 2.22. The summed E-state index contributed by atoms with van der Waals surface area (Å²) < 4.78 is 0. The van der Waals surface area contributed by atoms with Crippen LogP contribution in [0.2, 0.25) is 5.02 Å². The largest absolute Gasteiger partial charge is 0.351 e. The van der Waals surface area contributed by atoms with Crippen LogP contribution in [0.3, 0.4) is 0 Å². The minimum Gasteiger partial charge on any atom is -0.351 e. The quantitative estimate of drug-likeness (QED) is 0.928. The molecule has 0 spiro atoms. The van der Waals surface area contributed by atoms with Gasteiger partial charge in [0.25, 0.3) is 0 Å². The number of amides is 2. The number of carbonyl (C=O) groups is 2. The zero-order valence-electron chi connectivity index (χ0n) is 13.5. The second kappa shape index (κ2) is 7.05. The Morgan fingerprint density at radius 3 is 2.50 bits per heavy atom. The van der Waals surface area contributed by atoms with Crippen molar-refractivity contribution in [3.63, 3.8) is 0 Å². The van der Waals surface area contributed by atoms with Gasteiger partial charge in [-0.15, -0.1) is 0 Å². The first-order valence-corrected chi connectivity index (χ1v) is 8.30. The van der Waals surface area contributed by atoms with E-state index >= 15 is 0 Å². The fraction of sp³-hybridized carbons (Fsp3) is 0.263. The molecule has 4 nitrogen and oxygen atoms in total. The van der Waals surface area contributed by atoms with Crippen LogP contribution in [0.1, 0.15) is 17.5 Å². The van der Waals surface area contributed by atoms with Gasteiger partial charge >= 0.3 is 0 Å². The van der Waals surface area contributed by atoms with E-state index in [1.165, 1.54) is 0 Å². The average Bonchev–Trinajstić information content (AvgIpc) is 2.90. The monoisotopic (exact) mass is 342 g/mol. The molecule has 0 bridgehead atoms. The number of nitrogens with zero attached hydrogens (tertiary/aromatic N) is 1. The van der Waals surface area contributed by atoms with Gasteiger partial charge in [0.05, 0.1) is 12.5 Å². The molecule has 124 valence electrons. The third-order valence-electron chi connectivity index (χ3n) is 4.11. The van der Waals surface area contributed by atoms with Gasteiger partial charge in [0.1, 0.15) is 0 Å². The lowest BCUT2D eigenvalue weighted by Crippen LogP contribution is -2.38. The van der Waals surface area contributed by atoms with E-state index in [1.54, 1.807) is 17.0 Å². The van der Waals surface area contributed by atoms with Crippen molar-refractivity contribution in [2.45, 2.75) is 25.8 Å². The predicted octanol–water partition coefficient (Wildman–Crippen LogP) is 3.11. The fourth-order valence-corrected chi connectivity index (χ4v) is 2.97. The van der Waals surface area contributed by atoms with E-state index in [2.05, 4.69) is 5.32 Å². The third-order valence-corrected chi connectivity index (χ3v) is 4.37. The van der Waals surface area contributed by atoms with Crippen LogP contribution < -0.4 is 10.2 Å². The van der Waals surface area contributed by atoms with Crippen LogP contribution in [-0.4, -0.2) is 24.4 Å². The molecule has 0 unspecified atom stereocenters. The Morgan fingerprint density at radius 2 is 1.83 bits per heavy atom. The summed E-state index contributed by atoms with van der Waals surface area (Å²) in [5.41, 5.74) is 2.93. The van der Waals surface area contributed by atoms with E-state index in [-0.39, 0.29) is 24.3 Å². The Bertz CT molecular complexity index is 741.